The van der Waals surface area contributed by atoms with Gasteiger partial charge in [-0.1, -0.05) is 0 Å². The van der Waals surface area contributed by atoms with E-state index in [-0.39, 0.29) is 18.4 Å². The third-order valence-corrected chi connectivity index (χ3v) is 3.15. The number of aliphatic carboxylic acids is 1. The van der Waals surface area contributed by atoms with Crippen LogP contribution in [0, 0.1) is 11.7 Å². The zero-order chi connectivity index (χ0) is 13.8. The number of carboxylic acid groups (broad SMARTS) is 1. The minimum atomic E-state index is -0.876. The second-order valence-corrected chi connectivity index (χ2v) is 4.56. The molecular formula is C13H15FN2O3. The first-order valence-corrected chi connectivity index (χ1v) is 6.10. The number of rotatable bonds is 2. The Morgan fingerprint density at radius 3 is 2.63 bits per heavy atom. The molecule has 19 heavy (non-hydrogen) atoms. The van der Waals surface area contributed by atoms with Crippen LogP contribution in [0.15, 0.2) is 24.3 Å². The van der Waals surface area contributed by atoms with Crippen molar-refractivity contribution in [3.05, 3.63) is 30.1 Å². The zero-order valence-corrected chi connectivity index (χ0v) is 10.3. The fourth-order valence-electron chi connectivity index (χ4n) is 2.10. The maximum atomic E-state index is 12.7. The van der Waals surface area contributed by atoms with Gasteiger partial charge in [-0.25, -0.2) is 9.18 Å². The Hall–Kier alpha value is -2.11. The van der Waals surface area contributed by atoms with Crippen LogP contribution in [0.1, 0.15) is 12.8 Å². The van der Waals surface area contributed by atoms with Crippen molar-refractivity contribution in [3.63, 3.8) is 0 Å². The van der Waals surface area contributed by atoms with Gasteiger partial charge in [0.2, 0.25) is 0 Å². The van der Waals surface area contributed by atoms with E-state index < -0.39 is 11.9 Å². The van der Waals surface area contributed by atoms with Gasteiger partial charge in [-0.15, -0.1) is 0 Å². The maximum Gasteiger partial charge on any atom is 0.321 e. The smallest absolute Gasteiger partial charge is 0.321 e. The number of urea groups is 1. The SMILES string of the molecule is O=C(O)[C@H]1CCCN(C(=O)Nc2ccc(F)cc2)C1. The van der Waals surface area contributed by atoms with Crippen LogP contribution in [0.2, 0.25) is 0 Å². The number of hydrogen-bond donors (Lipinski definition) is 2. The van der Waals surface area contributed by atoms with Gasteiger partial charge in [-0.05, 0) is 37.1 Å². The van der Waals surface area contributed by atoms with E-state index in [1.165, 1.54) is 29.2 Å². The Labute approximate surface area is 110 Å². The number of carboxylic acids is 1. The molecule has 0 bridgehead atoms. The van der Waals surface area contributed by atoms with Gasteiger partial charge < -0.3 is 15.3 Å². The molecule has 1 aliphatic rings. The monoisotopic (exact) mass is 266 g/mol. The topological polar surface area (TPSA) is 69.6 Å². The van der Waals surface area contributed by atoms with Crippen LogP contribution in [0.5, 0.6) is 0 Å². The summed E-state index contributed by atoms with van der Waals surface area (Å²) < 4.78 is 12.7. The Morgan fingerprint density at radius 1 is 1.32 bits per heavy atom. The van der Waals surface area contributed by atoms with E-state index in [1.807, 2.05) is 0 Å². The number of carbonyl (C=O) groups excluding carboxylic acids is 1. The summed E-state index contributed by atoms with van der Waals surface area (Å²) in [5.41, 5.74) is 0.490. The lowest BCUT2D eigenvalue weighted by molar-refractivity contribution is -0.143. The van der Waals surface area contributed by atoms with E-state index in [9.17, 15) is 14.0 Å². The number of likely N-dealkylation sites (tertiary alicyclic amines) is 1. The molecule has 2 amide bonds. The van der Waals surface area contributed by atoms with Crippen molar-refractivity contribution in [3.8, 4) is 0 Å². The van der Waals surface area contributed by atoms with Crippen molar-refractivity contribution in [1.29, 1.82) is 0 Å². The summed E-state index contributed by atoms with van der Waals surface area (Å²) >= 11 is 0. The first-order valence-electron chi connectivity index (χ1n) is 6.10. The quantitative estimate of drug-likeness (QED) is 0.861. The van der Waals surface area contributed by atoms with Crippen molar-refractivity contribution in [2.24, 2.45) is 5.92 Å². The van der Waals surface area contributed by atoms with E-state index in [1.54, 1.807) is 0 Å². The highest BCUT2D eigenvalue weighted by molar-refractivity contribution is 5.89. The van der Waals surface area contributed by atoms with E-state index in [0.29, 0.717) is 25.1 Å². The lowest BCUT2D eigenvalue weighted by Gasteiger charge is -2.30. The van der Waals surface area contributed by atoms with Gasteiger partial charge in [0.1, 0.15) is 5.82 Å². The van der Waals surface area contributed by atoms with Crippen molar-refractivity contribution in [2.45, 2.75) is 12.8 Å². The molecule has 1 atom stereocenters. The number of hydrogen-bond acceptors (Lipinski definition) is 2. The molecule has 1 fully saturated rings. The summed E-state index contributed by atoms with van der Waals surface area (Å²) in [6, 6.07) is 5.09. The lowest BCUT2D eigenvalue weighted by atomic mass is 9.99. The highest BCUT2D eigenvalue weighted by atomic mass is 19.1. The molecule has 0 aromatic heterocycles. The molecule has 1 saturated heterocycles. The third kappa shape index (κ3) is 3.43. The summed E-state index contributed by atoms with van der Waals surface area (Å²) in [4.78, 5) is 24.3. The summed E-state index contributed by atoms with van der Waals surface area (Å²) in [6.45, 7) is 0.749. The molecule has 0 aliphatic carbocycles. The van der Waals surface area contributed by atoms with Gasteiger partial charge >= 0.3 is 12.0 Å². The lowest BCUT2D eigenvalue weighted by Crippen LogP contribution is -2.44. The van der Waals surface area contributed by atoms with Crippen molar-refractivity contribution in [1.82, 2.24) is 4.90 Å². The molecule has 6 heteroatoms. The maximum absolute atomic E-state index is 12.7. The Kier molecular flexibility index (Phi) is 3.99. The molecule has 2 rings (SSSR count). The molecular weight excluding hydrogens is 251 g/mol. The zero-order valence-electron chi connectivity index (χ0n) is 10.3. The number of nitrogens with one attached hydrogen (secondary N) is 1. The molecule has 1 aromatic carbocycles. The largest absolute Gasteiger partial charge is 0.481 e. The van der Waals surface area contributed by atoms with Gasteiger partial charge in [-0.2, -0.15) is 0 Å². The molecule has 1 aromatic rings. The summed E-state index contributed by atoms with van der Waals surface area (Å²) in [7, 11) is 0. The van der Waals surface area contributed by atoms with Crippen LogP contribution >= 0.6 is 0 Å². The second kappa shape index (κ2) is 5.69. The summed E-state index contributed by atoms with van der Waals surface area (Å²) in [5, 5.41) is 11.6. The number of amides is 2. The van der Waals surface area contributed by atoms with Gasteiger partial charge in [0.25, 0.3) is 0 Å². The Morgan fingerprint density at radius 2 is 2.00 bits per heavy atom. The number of anilines is 1. The minimum absolute atomic E-state index is 0.211. The molecule has 0 unspecified atom stereocenters. The standard InChI is InChI=1S/C13H15FN2O3/c14-10-3-5-11(6-4-10)15-13(19)16-7-1-2-9(8-16)12(17)18/h3-6,9H,1-2,7-8H2,(H,15,19)(H,17,18)/t9-/m0/s1. The highest BCUT2D eigenvalue weighted by Crippen LogP contribution is 2.18. The average Bonchev–Trinajstić information content (AvgIpc) is 2.41. The van der Waals surface area contributed by atoms with Crippen molar-refractivity contribution in [2.75, 3.05) is 18.4 Å². The Balaban J connectivity index is 1.96. The predicted octanol–water partition coefficient (Wildman–Crippen LogP) is 2.15. The van der Waals surface area contributed by atoms with Crippen molar-refractivity contribution < 1.29 is 19.1 Å². The van der Waals surface area contributed by atoms with Crippen LogP contribution in [-0.2, 0) is 4.79 Å². The van der Waals surface area contributed by atoms with Crippen LogP contribution in [0.3, 0.4) is 0 Å². The van der Waals surface area contributed by atoms with Gasteiger partial charge in [0.05, 0.1) is 5.92 Å². The molecule has 1 heterocycles. The van der Waals surface area contributed by atoms with E-state index in [4.69, 9.17) is 5.11 Å². The highest BCUT2D eigenvalue weighted by Gasteiger charge is 2.28. The van der Waals surface area contributed by atoms with Crippen LogP contribution in [0.4, 0.5) is 14.9 Å². The molecule has 5 nitrogen and oxygen atoms in total. The molecule has 0 radical (unpaired) electrons. The van der Waals surface area contributed by atoms with Gasteiger partial charge in [0.15, 0.2) is 0 Å². The summed E-state index contributed by atoms with van der Waals surface area (Å²) in [5.74, 6) is -1.76. The van der Waals surface area contributed by atoms with E-state index in [0.717, 1.165) is 0 Å². The molecule has 102 valence electrons. The third-order valence-electron chi connectivity index (χ3n) is 3.15. The van der Waals surface area contributed by atoms with Crippen LogP contribution < -0.4 is 5.32 Å². The first-order chi connectivity index (χ1) is 9.06. The van der Waals surface area contributed by atoms with E-state index >= 15 is 0 Å². The number of halogens is 1. The van der Waals surface area contributed by atoms with Crippen LogP contribution in [-0.4, -0.2) is 35.1 Å². The average molecular weight is 266 g/mol. The minimum Gasteiger partial charge on any atom is -0.481 e. The fourth-order valence-corrected chi connectivity index (χ4v) is 2.10. The van der Waals surface area contributed by atoms with Gasteiger partial charge in [-0.3, -0.25) is 4.79 Å². The van der Waals surface area contributed by atoms with Crippen molar-refractivity contribution >= 4 is 17.7 Å². The normalized spacial score (nSPS) is 19.0. The predicted molar refractivity (Wildman–Crippen MR) is 67.4 cm³/mol. The number of benzene rings is 1. The molecule has 1 aliphatic heterocycles. The summed E-state index contributed by atoms with van der Waals surface area (Å²) in [6.07, 6.45) is 1.27. The number of nitrogens with zero attached hydrogens (tertiary/aromatic N) is 1. The molecule has 2 N–H and O–H groups in total. The molecule has 0 saturated carbocycles. The van der Waals surface area contributed by atoms with E-state index in [2.05, 4.69) is 5.32 Å². The fraction of sp³-hybridized carbons (Fsp3) is 0.385. The first kappa shape index (κ1) is 13.3. The Bertz CT molecular complexity index is 475. The molecule has 0 spiro atoms. The van der Waals surface area contributed by atoms with Crippen LogP contribution in [0.25, 0.3) is 0 Å². The second-order valence-electron chi connectivity index (χ2n) is 4.56. The van der Waals surface area contributed by atoms with Gasteiger partial charge in [0, 0.05) is 18.8 Å². The number of piperidine rings is 1. The number of carbonyl (C=O) groups is 2.